The van der Waals surface area contributed by atoms with Gasteiger partial charge >= 0.3 is 6.18 Å². The minimum absolute atomic E-state index is 0.0594. The molecule has 0 spiro atoms. The molecule has 2 aromatic rings. The van der Waals surface area contributed by atoms with Crippen molar-refractivity contribution in [1.82, 2.24) is 4.98 Å². The van der Waals surface area contributed by atoms with Crippen LogP contribution in [0.5, 0.6) is 0 Å². The van der Waals surface area contributed by atoms with Crippen molar-refractivity contribution in [2.45, 2.75) is 23.9 Å². The summed E-state index contributed by atoms with van der Waals surface area (Å²) >= 11 is 1.07. The molecule has 1 aromatic heterocycles. The number of benzene rings is 1. The third-order valence-corrected chi connectivity index (χ3v) is 4.04. The highest BCUT2D eigenvalue weighted by Crippen LogP contribution is 2.36. The Labute approximate surface area is 135 Å². The molecule has 0 amide bonds. The van der Waals surface area contributed by atoms with Crippen LogP contribution in [0.2, 0.25) is 0 Å². The minimum Gasteiger partial charge on any atom is -0.245 e. The zero-order valence-electron chi connectivity index (χ0n) is 12.0. The zero-order valence-corrected chi connectivity index (χ0v) is 12.8. The number of alkyl halides is 3. The number of hydrogen-bond donors (Lipinski definition) is 0. The van der Waals surface area contributed by atoms with Crippen molar-refractivity contribution in [2.75, 3.05) is 0 Å². The molecule has 0 aliphatic carbocycles. The second-order valence-electron chi connectivity index (χ2n) is 4.70. The number of pyridine rings is 1. The number of halogens is 3. The van der Waals surface area contributed by atoms with Gasteiger partial charge in [0, 0.05) is 11.4 Å². The fourth-order valence-corrected chi connectivity index (χ4v) is 2.91. The Hall–Kier alpha value is -2.51. The van der Waals surface area contributed by atoms with Crippen molar-refractivity contribution < 1.29 is 13.2 Å². The van der Waals surface area contributed by atoms with Gasteiger partial charge in [-0.15, -0.1) is 11.8 Å². The van der Waals surface area contributed by atoms with Gasteiger partial charge in [0.1, 0.15) is 11.1 Å². The molecule has 0 bridgehead atoms. The molecule has 1 heterocycles. The predicted octanol–water partition coefficient (Wildman–Crippen LogP) is 4.44. The quantitative estimate of drug-likeness (QED) is 0.779. The Morgan fingerprint density at radius 2 is 1.78 bits per heavy atom. The average molecular weight is 333 g/mol. The normalized spacial score (nSPS) is 10.9. The molecule has 1 aromatic carbocycles. The van der Waals surface area contributed by atoms with Crippen molar-refractivity contribution in [2.24, 2.45) is 0 Å². The lowest BCUT2D eigenvalue weighted by Gasteiger charge is -2.12. The number of nitrogens with zero attached hydrogens (tertiary/aromatic N) is 3. The van der Waals surface area contributed by atoms with E-state index in [1.54, 1.807) is 30.3 Å². The van der Waals surface area contributed by atoms with E-state index >= 15 is 0 Å². The van der Waals surface area contributed by atoms with E-state index in [0.717, 1.165) is 23.4 Å². The molecule has 23 heavy (non-hydrogen) atoms. The molecule has 0 saturated carbocycles. The molecule has 0 aliphatic rings. The van der Waals surface area contributed by atoms with Crippen LogP contribution in [0, 0.1) is 29.6 Å². The molecule has 7 heteroatoms. The molecule has 0 N–H and O–H groups in total. The fraction of sp³-hybridized carbons (Fsp3) is 0.188. The first-order valence-electron chi connectivity index (χ1n) is 6.46. The monoisotopic (exact) mass is 333 g/mol. The number of hydrogen-bond acceptors (Lipinski definition) is 4. The Bertz CT molecular complexity index is 800. The molecule has 0 saturated heterocycles. The van der Waals surface area contributed by atoms with Gasteiger partial charge in [-0.05, 0) is 30.7 Å². The maximum atomic E-state index is 13.0. The Balaban J connectivity index is 2.31. The number of aromatic nitrogens is 1. The van der Waals surface area contributed by atoms with Crippen LogP contribution in [0.1, 0.15) is 27.9 Å². The van der Waals surface area contributed by atoms with Crippen LogP contribution in [0.4, 0.5) is 13.2 Å². The summed E-state index contributed by atoms with van der Waals surface area (Å²) in [5.74, 6) is 0.355. The SMILES string of the molecule is Cc1cc(C(F)(F)F)c(C#N)c(SCc2ccc(C#N)cc2)n1. The van der Waals surface area contributed by atoms with Crippen molar-refractivity contribution in [3.63, 3.8) is 0 Å². The summed E-state index contributed by atoms with van der Waals surface area (Å²) in [6.45, 7) is 1.46. The molecular weight excluding hydrogens is 323 g/mol. The largest absolute Gasteiger partial charge is 0.417 e. The van der Waals surface area contributed by atoms with E-state index in [4.69, 9.17) is 10.5 Å². The zero-order chi connectivity index (χ0) is 17.0. The lowest BCUT2D eigenvalue weighted by atomic mass is 10.1. The smallest absolute Gasteiger partial charge is 0.245 e. The van der Waals surface area contributed by atoms with Crippen molar-refractivity contribution in [3.8, 4) is 12.1 Å². The van der Waals surface area contributed by atoms with Gasteiger partial charge in [-0.2, -0.15) is 23.7 Å². The summed E-state index contributed by atoms with van der Waals surface area (Å²) in [5, 5.41) is 17.9. The first kappa shape index (κ1) is 16.9. The van der Waals surface area contributed by atoms with Crippen LogP contribution in [0.25, 0.3) is 0 Å². The van der Waals surface area contributed by atoms with Gasteiger partial charge < -0.3 is 0 Å². The molecule has 0 aliphatic heterocycles. The fourth-order valence-electron chi connectivity index (χ4n) is 1.91. The average Bonchev–Trinajstić information content (AvgIpc) is 2.52. The maximum absolute atomic E-state index is 13.0. The predicted molar refractivity (Wildman–Crippen MR) is 79.4 cm³/mol. The van der Waals surface area contributed by atoms with Gasteiger partial charge in [-0.1, -0.05) is 12.1 Å². The Morgan fingerprint density at radius 1 is 1.13 bits per heavy atom. The van der Waals surface area contributed by atoms with E-state index in [1.807, 2.05) is 6.07 Å². The molecule has 0 atom stereocenters. The Morgan fingerprint density at radius 3 is 2.30 bits per heavy atom. The van der Waals surface area contributed by atoms with Crippen LogP contribution in [0.15, 0.2) is 35.4 Å². The standard InChI is InChI=1S/C16H10F3N3S/c1-10-6-14(16(17,18)19)13(8-21)15(22-10)23-9-12-4-2-11(7-20)3-5-12/h2-6H,9H2,1H3. The van der Waals surface area contributed by atoms with Crippen molar-refractivity contribution >= 4 is 11.8 Å². The summed E-state index contributed by atoms with van der Waals surface area (Å²) in [6, 6.07) is 11.2. The molecule has 3 nitrogen and oxygen atoms in total. The summed E-state index contributed by atoms with van der Waals surface area (Å²) in [5.41, 5.74) is 0.120. The van der Waals surface area contributed by atoms with Gasteiger partial charge in [0.15, 0.2) is 0 Å². The van der Waals surface area contributed by atoms with Gasteiger partial charge in [-0.3, -0.25) is 0 Å². The molecule has 0 unspecified atom stereocenters. The maximum Gasteiger partial charge on any atom is 0.417 e. The van der Waals surface area contributed by atoms with E-state index in [2.05, 4.69) is 4.98 Å². The van der Waals surface area contributed by atoms with Crippen LogP contribution < -0.4 is 0 Å². The summed E-state index contributed by atoms with van der Waals surface area (Å²) in [4.78, 5) is 4.06. The lowest BCUT2D eigenvalue weighted by Crippen LogP contribution is -2.10. The number of thioether (sulfide) groups is 1. The second kappa shape index (κ2) is 6.72. The number of rotatable bonds is 3. The van der Waals surface area contributed by atoms with E-state index in [1.165, 1.54) is 6.92 Å². The van der Waals surface area contributed by atoms with Gasteiger partial charge in [-0.25, -0.2) is 4.98 Å². The summed E-state index contributed by atoms with van der Waals surface area (Å²) < 4.78 is 39.1. The first-order chi connectivity index (χ1) is 10.8. The minimum atomic E-state index is -4.59. The molecule has 2 rings (SSSR count). The molecule has 116 valence electrons. The third kappa shape index (κ3) is 4.02. The van der Waals surface area contributed by atoms with Gasteiger partial charge in [0.2, 0.25) is 0 Å². The lowest BCUT2D eigenvalue weighted by molar-refractivity contribution is -0.138. The Kier molecular flexibility index (Phi) is 4.92. The summed E-state index contributed by atoms with van der Waals surface area (Å²) in [7, 11) is 0. The highest BCUT2D eigenvalue weighted by atomic mass is 32.2. The highest BCUT2D eigenvalue weighted by Gasteiger charge is 2.35. The molecule has 0 fully saturated rings. The van der Waals surface area contributed by atoms with Crippen molar-refractivity contribution in [3.05, 3.63) is 58.3 Å². The third-order valence-electron chi connectivity index (χ3n) is 2.99. The summed E-state index contributed by atoms with van der Waals surface area (Å²) in [6.07, 6.45) is -4.59. The van der Waals surface area contributed by atoms with Gasteiger partial charge in [0.05, 0.1) is 22.8 Å². The number of nitriles is 2. The topological polar surface area (TPSA) is 60.5 Å². The van der Waals surface area contributed by atoms with Crippen LogP contribution >= 0.6 is 11.8 Å². The van der Waals surface area contributed by atoms with E-state index in [9.17, 15) is 13.2 Å². The molecule has 0 radical (unpaired) electrons. The first-order valence-corrected chi connectivity index (χ1v) is 7.44. The highest BCUT2D eigenvalue weighted by molar-refractivity contribution is 7.98. The second-order valence-corrected chi connectivity index (χ2v) is 5.66. The van der Waals surface area contributed by atoms with Crippen LogP contribution in [-0.2, 0) is 11.9 Å². The van der Waals surface area contributed by atoms with E-state index < -0.39 is 17.3 Å². The van der Waals surface area contributed by atoms with Crippen LogP contribution in [-0.4, -0.2) is 4.98 Å². The van der Waals surface area contributed by atoms with Crippen LogP contribution in [0.3, 0.4) is 0 Å². The van der Waals surface area contributed by atoms with Crippen molar-refractivity contribution in [1.29, 1.82) is 10.5 Å². The van der Waals surface area contributed by atoms with E-state index in [-0.39, 0.29) is 10.7 Å². The molecular formula is C16H10F3N3S. The van der Waals surface area contributed by atoms with E-state index in [0.29, 0.717) is 11.3 Å². The van der Waals surface area contributed by atoms with Gasteiger partial charge in [0.25, 0.3) is 0 Å². The number of aryl methyl sites for hydroxylation is 1.